The van der Waals surface area contributed by atoms with Crippen molar-refractivity contribution in [3.8, 4) is 5.75 Å². The van der Waals surface area contributed by atoms with E-state index in [0.29, 0.717) is 10.6 Å². The van der Waals surface area contributed by atoms with Crippen molar-refractivity contribution in [2.45, 2.75) is 14.4 Å². The fraction of sp³-hybridized carbons (Fsp3) is 0.111. The van der Waals surface area contributed by atoms with Crippen LogP contribution in [0.3, 0.4) is 0 Å². The summed E-state index contributed by atoms with van der Waals surface area (Å²) in [5, 5.41) is 22.2. The van der Waals surface area contributed by atoms with Gasteiger partial charge in [-0.15, -0.1) is 10.2 Å². The molecule has 0 radical (unpaired) electrons. The van der Waals surface area contributed by atoms with Gasteiger partial charge in [-0.1, -0.05) is 70.7 Å². The number of thioether (sulfide) groups is 2. The van der Waals surface area contributed by atoms with Gasteiger partial charge in [0.1, 0.15) is 5.75 Å². The van der Waals surface area contributed by atoms with Gasteiger partial charge in [-0.05, 0) is 35.4 Å². The van der Waals surface area contributed by atoms with Crippen LogP contribution in [0, 0.1) is 0 Å². The summed E-state index contributed by atoms with van der Waals surface area (Å²) in [6.45, 7) is 0. The van der Waals surface area contributed by atoms with Crippen molar-refractivity contribution in [1.82, 2.24) is 15.6 Å². The molecule has 1 amide bonds. The van der Waals surface area contributed by atoms with Gasteiger partial charge in [-0.3, -0.25) is 4.79 Å². The predicted octanol–water partition coefficient (Wildman–Crippen LogP) is 4.43. The van der Waals surface area contributed by atoms with Gasteiger partial charge in [-0.2, -0.15) is 5.10 Å². The Morgan fingerprint density at radius 2 is 1.93 bits per heavy atom. The average molecular weight is 451 g/mol. The molecule has 1 aromatic heterocycles. The van der Waals surface area contributed by atoms with Crippen LogP contribution >= 0.6 is 46.5 Å². The molecule has 3 aromatic rings. The fourth-order valence-corrected chi connectivity index (χ4v) is 4.88. The second-order valence-electron chi connectivity index (χ2n) is 5.43. The highest BCUT2D eigenvalue weighted by Crippen LogP contribution is 2.30. The third kappa shape index (κ3) is 6.83. The first kappa shape index (κ1) is 20.7. The van der Waals surface area contributed by atoms with Crippen LogP contribution in [0.15, 0.2) is 62.3 Å². The van der Waals surface area contributed by atoms with Crippen LogP contribution in [-0.4, -0.2) is 33.2 Å². The first-order chi connectivity index (χ1) is 13.6. The Hall–Kier alpha value is -2.07. The number of hydrogen-bond acceptors (Lipinski definition) is 8. The Morgan fingerprint density at radius 1 is 1.18 bits per heavy atom. The van der Waals surface area contributed by atoms with Crippen LogP contribution in [0.1, 0.15) is 11.1 Å². The molecule has 10 heteroatoms. The minimum Gasteiger partial charge on any atom is -0.508 e. The topological polar surface area (TPSA) is 87.5 Å². The lowest BCUT2D eigenvalue weighted by molar-refractivity contribution is -0.118. The molecule has 0 aliphatic rings. The number of hydrazone groups is 1. The largest absolute Gasteiger partial charge is 0.508 e. The average Bonchev–Trinajstić information content (AvgIpc) is 3.14. The lowest BCUT2D eigenvalue weighted by Crippen LogP contribution is -2.19. The number of benzene rings is 2. The van der Waals surface area contributed by atoms with Crippen molar-refractivity contribution in [3.63, 3.8) is 0 Å². The summed E-state index contributed by atoms with van der Waals surface area (Å²) in [5.74, 6) is 0.869. The summed E-state index contributed by atoms with van der Waals surface area (Å²) in [5.41, 5.74) is 4.30. The number of halogens is 1. The van der Waals surface area contributed by atoms with E-state index in [1.165, 1.54) is 29.3 Å². The number of nitrogens with one attached hydrogen (secondary N) is 1. The molecule has 3 rings (SSSR count). The minimum atomic E-state index is -0.244. The Labute approximate surface area is 179 Å². The molecule has 0 spiro atoms. The van der Waals surface area contributed by atoms with E-state index < -0.39 is 0 Å². The fourth-order valence-electron chi connectivity index (χ4n) is 1.98. The summed E-state index contributed by atoms with van der Waals surface area (Å²) >= 11 is 10.2. The van der Waals surface area contributed by atoms with Gasteiger partial charge in [-0.25, -0.2) is 5.43 Å². The minimum absolute atomic E-state index is 0.145. The molecule has 28 heavy (non-hydrogen) atoms. The van der Waals surface area contributed by atoms with Crippen LogP contribution in [0.5, 0.6) is 5.75 Å². The van der Waals surface area contributed by atoms with E-state index in [2.05, 4.69) is 20.7 Å². The normalized spacial score (nSPS) is 11.0. The van der Waals surface area contributed by atoms with Gasteiger partial charge < -0.3 is 5.11 Å². The smallest absolute Gasteiger partial charge is 0.250 e. The molecule has 0 unspecified atom stereocenters. The zero-order valence-corrected chi connectivity index (χ0v) is 17.6. The lowest BCUT2D eigenvalue weighted by Gasteiger charge is -1.98. The zero-order valence-electron chi connectivity index (χ0n) is 14.4. The third-order valence-electron chi connectivity index (χ3n) is 3.26. The van der Waals surface area contributed by atoms with E-state index in [9.17, 15) is 9.90 Å². The van der Waals surface area contributed by atoms with Crippen molar-refractivity contribution in [2.75, 3.05) is 5.75 Å². The highest BCUT2D eigenvalue weighted by Gasteiger charge is 2.08. The third-order valence-corrected chi connectivity index (χ3v) is 6.78. The molecule has 1 heterocycles. The van der Waals surface area contributed by atoms with E-state index in [1.807, 2.05) is 24.3 Å². The maximum atomic E-state index is 11.9. The van der Waals surface area contributed by atoms with Crippen molar-refractivity contribution in [2.24, 2.45) is 5.10 Å². The predicted molar refractivity (Wildman–Crippen MR) is 115 cm³/mol. The molecule has 0 saturated heterocycles. The summed E-state index contributed by atoms with van der Waals surface area (Å²) in [7, 11) is 0. The summed E-state index contributed by atoms with van der Waals surface area (Å²) in [6.07, 6.45) is 1.47. The maximum absolute atomic E-state index is 11.9. The van der Waals surface area contributed by atoms with E-state index in [1.54, 1.807) is 36.0 Å². The van der Waals surface area contributed by atoms with E-state index in [-0.39, 0.29) is 17.4 Å². The molecule has 0 fully saturated rings. The molecule has 2 aromatic carbocycles. The number of phenolic OH excluding ortho intramolecular Hbond substituents is 1. The standard InChI is InChI=1S/C18H15ClN4O2S3/c19-14-6-4-12(5-7-14)10-26-17-22-23-18(28-17)27-11-16(25)21-20-9-13-2-1-3-15(24)8-13/h1-9,24H,10-11H2,(H,21,25). The molecule has 0 aliphatic heterocycles. The molecule has 0 atom stereocenters. The SMILES string of the molecule is O=C(CSc1nnc(SCc2ccc(Cl)cc2)s1)NN=Cc1cccc(O)c1. The van der Waals surface area contributed by atoms with Crippen LogP contribution in [0.25, 0.3) is 0 Å². The molecule has 144 valence electrons. The lowest BCUT2D eigenvalue weighted by atomic mass is 10.2. The van der Waals surface area contributed by atoms with Gasteiger partial charge in [0, 0.05) is 10.8 Å². The number of aromatic nitrogens is 2. The maximum Gasteiger partial charge on any atom is 0.250 e. The van der Waals surface area contributed by atoms with Gasteiger partial charge in [0.25, 0.3) is 5.91 Å². The van der Waals surface area contributed by atoms with Gasteiger partial charge in [0.15, 0.2) is 8.68 Å². The zero-order chi connectivity index (χ0) is 19.8. The van der Waals surface area contributed by atoms with Gasteiger partial charge >= 0.3 is 0 Å². The molecule has 0 bridgehead atoms. The summed E-state index contributed by atoms with van der Waals surface area (Å²) < 4.78 is 1.57. The molecule has 2 N–H and O–H groups in total. The Bertz CT molecular complexity index is 963. The van der Waals surface area contributed by atoms with E-state index in [4.69, 9.17) is 11.6 Å². The number of rotatable bonds is 8. The summed E-state index contributed by atoms with van der Waals surface area (Å²) in [4.78, 5) is 11.9. The number of hydrogen-bond donors (Lipinski definition) is 2. The number of carbonyl (C=O) groups is 1. The Morgan fingerprint density at radius 3 is 2.68 bits per heavy atom. The van der Waals surface area contributed by atoms with Crippen molar-refractivity contribution in [3.05, 3.63) is 64.7 Å². The molecular weight excluding hydrogens is 436 g/mol. The van der Waals surface area contributed by atoms with Crippen LogP contribution in [0.4, 0.5) is 0 Å². The molecule has 0 saturated carbocycles. The monoisotopic (exact) mass is 450 g/mol. The first-order valence-electron chi connectivity index (χ1n) is 8.03. The van der Waals surface area contributed by atoms with Crippen molar-refractivity contribution in [1.29, 1.82) is 0 Å². The Balaban J connectivity index is 1.41. The second-order valence-corrected chi connectivity index (χ2v) is 9.28. The second kappa shape index (κ2) is 10.5. The van der Waals surface area contributed by atoms with Crippen LogP contribution in [-0.2, 0) is 10.5 Å². The number of amides is 1. The van der Waals surface area contributed by atoms with Gasteiger partial charge in [0.2, 0.25) is 0 Å². The molecule has 0 aliphatic carbocycles. The van der Waals surface area contributed by atoms with Crippen LogP contribution < -0.4 is 5.43 Å². The Kier molecular flexibility index (Phi) is 7.72. The van der Waals surface area contributed by atoms with Gasteiger partial charge in [0.05, 0.1) is 12.0 Å². The highest BCUT2D eigenvalue weighted by atomic mass is 35.5. The number of phenols is 1. The molecular formula is C18H15ClN4O2S3. The number of carbonyl (C=O) groups excluding carboxylic acids is 1. The molecule has 6 nitrogen and oxygen atoms in total. The van der Waals surface area contributed by atoms with Crippen molar-refractivity contribution < 1.29 is 9.90 Å². The number of aromatic hydroxyl groups is 1. The van der Waals surface area contributed by atoms with E-state index >= 15 is 0 Å². The quantitative estimate of drug-likeness (QED) is 0.300. The highest BCUT2D eigenvalue weighted by molar-refractivity contribution is 8.03. The number of nitrogens with zero attached hydrogens (tertiary/aromatic N) is 3. The summed E-state index contributed by atoms with van der Waals surface area (Å²) in [6, 6.07) is 14.3. The van der Waals surface area contributed by atoms with E-state index in [0.717, 1.165) is 20.0 Å². The first-order valence-corrected chi connectivity index (χ1v) is 11.2. The van der Waals surface area contributed by atoms with Crippen LogP contribution in [0.2, 0.25) is 5.02 Å². The van der Waals surface area contributed by atoms with Crippen molar-refractivity contribution >= 4 is 58.6 Å².